The van der Waals surface area contributed by atoms with Gasteiger partial charge in [0.05, 0.1) is 23.6 Å². The number of para-hydroxylation sites is 1. The Bertz CT molecular complexity index is 1480. The fraction of sp³-hybridized carbons (Fsp3) is 0.286. The molecule has 9 heteroatoms. The molecule has 0 bridgehead atoms. The van der Waals surface area contributed by atoms with Crippen LogP contribution in [0.2, 0.25) is 0 Å². The molecule has 1 fully saturated rings. The lowest BCUT2D eigenvalue weighted by atomic mass is 10.2. The molecule has 0 amide bonds. The molecule has 0 aliphatic carbocycles. The van der Waals surface area contributed by atoms with Gasteiger partial charge in [0, 0.05) is 37.3 Å². The van der Waals surface area contributed by atoms with Gasteiger partial charge in [0.15, 0.2) is 0 Å². The Morgan fingerprint density at radius 2 is 1.57 bits per heavy atom. The quantitative estimate of drug-likeness (QED) is 0.378. The molecule has 4 aromatic rings. The van der Waals surface area contributed by atoms with E-state index < -0.39 is 10.0 Å². The number of sulfonamides is 1. The first-order valence-corrected chi connectivity index (χ1v) is 13.8. The van der Waals surface area contributed by atoms with Crippen molar-refractivity contribution in [2.75, 3.05) is 38.6 Å². The maximum Gasteiger partial charge on any atom is 0.243 e. The van der Waals surface area contributed by atoms with Crippen molar-refractivity contribution in [1.29, 1.82) is 0 Å². The number of nitrogens with zero attached hydrogens (tertiary/aromatic N) is 4. The Morgan fingerprint density at radius 1 is 0.892 bits per heavy atom. The Labute approximate surface area is 218 Å². The molecule has 1 N–H and O–H groups in total. The molecule has 8 nitrogen and oxygen atoms in total. The van der Waals surface area contributed by atoms with Gasteiger partial charge in [-0.05, 0) is 62.4 Å². The van der Waals surface area contributed by atoms with Crippen LogP contribution < -0.4 is 10.1 Å². The third kappa shape index (κ3) is 5.29. The zero-order valence-corrected chi connectivity index (χ0v) is 22.1. The first-order valence-electron chi connectivity index (χ1n) is 12.3. The number of hydrogen-bond acceptors (Lipinski definition) is 7. The van der Waals surface area contributed by atoms with Gasteiger partial charge in [-0.1, -0.05) is 29.8 Å². The van der Waals surface area contributed by atoms with Crippen LogP contribution in [0.15, 0.2) is 77.7 Å². The average Bonchev–Trinajstić information content (AvgIpc) is 2.93. The van der Waals surface area contributed by atoms with E-state index >= 15 is 0 Å². The van der Waals surface area contributed by atoms with E-state index in [1.165, 1.54) is 0 Å². The van der Waals surface area contributed by atoms with Gasteiger partial charge in [-0.2, -0.15) is 4.31 Å². The van der Waals surface area contributed by atoms with E-state index in [0.29, 0.717) is 36.9 Å². The topological polar surface area (TPSA) is 87.7 Å². The smallest absolute Gasteiger partial charge is 0.243 e. The lowest BCUT2D eigenvalue weighted by Crippen LogP contribution is -2.49. The van der Waals surface area contributed by atoms with Crippen LogP contribution in [0.5, 0.6) is 5.75 Å². The van der Waals surface area contributed by atoms with Gasteiger partial charge in [-0.3, -0.25) is 4.90 Å². The van der Waals surface area contributed by atoms with Gasteiger partial charge < -0.3 is 10.1 Å². The molecule has 1 saturated heterocycles. The van der Waals surface area contributed by atoms with E-state index in [0.717, 1.165) is 33.7 Å². The normalized spacial score (nSPS) is 16.0. The molecule has 192 valence electrons. The highest BCUT2D eigenvalue weighted by molar-refractivity contribution is 7.89. The zero-order chi connectivity index (χ0) is 26.0. The van der Waals surface area contributed by atoms with Crippen molar-refractivity contribution in [2.24, 2.45) is 0 Å². The van der Waals surface area contributed by atoms with Crippen LogP contribution in [-0.2, 0) is 10.0 Å². The fourth-order valence-electron chi connectivity index (χ4n) is 4.54. The molecule has 1 aliphatic rings. The van der Waals surface area contributed by atoms with Crippen LogP contribution in [0.1, 0.15) is 24.4 Å². The number of rotatable bonds is 7. The maximum absolute atomic E-state index is 13.1. The lowest BCUT2D eigenvalue weighted by molar-refractivity contribution is 0.141. The van der Waals surface area contributed by atoms with Crippen LogP contribution in [0.4, 0.5) is 11.5 Å². The second-order valence-electron chi connectivity index (χ2n) is 9.23. The van der Waals surface area contributed by atoms with Crippen molar-refractivity contribution < 1.29 is 13.2 Å². The summed E-state index contributed by atoms with van der Waals surface area (Å²) in [6.45, 7) is 6.07. The zero-order valence-electron chi connectivity index (χ0n) is 21.3. The van der Waals surface area contributed by atoms with E-state index in [2.05, 4.69) is 17.1 Å². The van der Waals surface area contributed by atoms with Crippen molar-refractivity contribution in [1.82, 2.24) is 19.2 Å². The summed E-state index contributed by atoms with van der Waals surface area (Å²) < 4.78 is 33.1. The SMILES string of the molecule is COc1ccc(Nc2nc([C@@H](C)N3CCN(S(=O)(=O)c4ccc(C)cc4)CC3)nc3ccccc23)cc1. The van der Waals surface area contributed by atoms with Crippen molar-refractivity contribution in [3.8, 4) is 5.75 Å². The predicted molar refractivity (Wildman–Crippen MR) is 146 cm³/mol. The number of nitrogens with one attached hydrogen (secondary N) is 1. The number of aromatic nitrogens is 2. The van der Waals surface area contributed by atoms with E-state index in [1.807, 2.05) is 67.6 Å². The Morgan fingerprint density at radius 3 is 2.24 bits per heavy atom. The largest absolute Gasteiger partial charge is 0.497 e. The molecule has 2 heterocycles. The average molecular weight is 518 g/mol. The molecule has 1 aromatic heterocycles. The molecule has 37 heavy (non-hydrogen) atoms. The molecular weight excluding hydrogens is 486 g/mol. The number of piperazine rings is 1. The molecule has 3 aromatic carbocycles. The number of methoxy groups -OCH3 is 1. The minimum Gasteiger partial charge on any atom is -0.497 e. The summed E-state index contributed by atoms with van der Waals surface area (Å²) in [7, 11) is -1.87. The number of benzene rings is 3. The highest BCUT2D eigenvalue weighted by Crippen LogP contribution is 2.29. The summed E-state index contributed by atoms with van der Waals surface area (Å²) in [6.07, 6.45) is 0. The Hall–Kier alpha value is -3.53. The monoisotopic (exact) mass is 517 g/mol. The van der Waals surface area contributed by atoms with Gasteiger partial charge in [-0.15, -0.1) is 0 Å². The summed E-state index contributed by atoms with van der Waals surface area (Å²) in [5.41, 5.74) is 2.79. The van der Waals surface area contributed by atoms with E-state index in [4.69, 9.17) is 14.7 Å². The number of aryl methyl sites for hydroxylation is 1. The standard InChI is InChI=1S/C28H31N5O3S/c1-20-8-14-24(15-9-20)37(34,35)33-18-16-32(17-19-33)21(2)27-30-26-7-5-4-6-25(26)28(31-27)29-22-10-12-23(36-3)13-11-22/h4-15,21H,16-19H2,1-3H3,(H,29,30,31)/t21-/m1/s1. The van der Waals surface area contributed by atoms with Crippen molar-refractivity contribution in [3.63, 3.8) is 0 Å². The Balaban J connectivity index is 1.35. The Kier molecular flexibility index (Phi) is 7.10. The van der Waals surface area contributed by atoms with Gasteiger partial charge in [0.25, 0.3) is 0 Å². The van der Waals surface area contributed by atoms with Crippen LogP contribution in [0, 0.1) is 6.92 Å². The third-order valence-electron chi connectivity index (χ3n) is 6.83. The minimum absolute atomic E-state index is 0.0785. The molecule has 0 saturated carbocycles. The number of hydrogen-bond donors (Lipinski definition) is 1. The van der Waals surface area contributed by atoms with E-state index in [9.17, 15) is 8.42 Å². The number of anilines is 2. The van der Waals surface area contributed by atoms with Crippen LogP contribution >= 0.6 is 0 Å². The van der Waals surface area contributed by atoms with Crippen molar-refractivity contribution >= 4 is 32.4 Å². The van der Waals surface area contributed by atoms with Gasteiger partial charge >= 0.3 is 0 Å². The number of fused-ring (bicyclic) bond motifs is 1. The summed E-state index contributed by atoms with van der Waals surface area (Å²) >= 11 is 0. The van der Waals surface area contributed by atoms with E-state index in [-0.39, 0.29) is 6.04 Å². The molecule has 0 spiro atoms. The van der Waals surface area contributed by atoms with Crippen molar-refractivity contribution in [2.45, 2.75) is 24.8 Å². The van der Waals surface area contributed by atoms with Gasteiger partial charge in [0.2, 0.25) is 10.0 Å². The first kappa shape index (κ1) is 25.1. The molecule has 5 rings (SSSR count). The van der Waals surface area contributed by atoms with Crippen molar-refractivity contribution in [3.05, 3.63) is 84.2 Å². The molecule has 0 radical (unpaired) electrons. The highest BCUT2D eigenvalue weighted by atomic mass is 32.2. The second kappa shape index (κ2) is 10.5. The molecule has 1 atom stereocenters. The fourth-order valence-corrected chi connectivity index (χ4v) is 5.96. The lowest BCUT2D eigenvalue weighted by Gasteiger charge is -2.36. The third-order valence-corrected chi connectivity index (χ3v) is 8.74. The summed E-state index contributed by atoms with van der Waals surface area (Å²) in [6, 6.07) is 22.6. The predicted octanol–water partition coefficient (Wildman–Crippen LogP) is 4.76. The molecule has 1 aliphatic heterocycles. The van der Waals surface area contributed by atoms with Crippen LogP contribution in [0.3, 0.4) is 0 Å². The summed E-state index contributed by atoms with van der Waals surface area (Å²) in [4.78, 5) is 12.3. The summed E-state index contributed by atoms with van der Waals surface area (Å²) in [5.74, 6) is 2.22. The highest BCUT2D eigenvalue weighted by Gasteiger charge is 2.31. The minimum atomic E-state index is -3.51. The van der Waals surface area contributed by atoms with Gasteiger partial charge in [0.1, 0.15) is 17.4 Å². The second-order valence-corrected chi connectivity index (χ2v) is 11.2. The first-order chi connectivity index (χ1) is 17.8. The van der Waals surface area contributed by atoms with Gasteiger partial charge in [-0.25, -0.2) is 18.4 Å². The van der Waals surface area contributed by atoms with Crippen LogP contribution in [0.25, 0.3) is 10.9 Å². The molecular formula is C28H31N5O3S. The summed E-state index contributed by atoms with van der Waals surface area (Å²) in [5, 5.41) is 4.37. The van der Waals surface area contributed by atoms with Crippen LogP contribution in [-0.4, -0.2) is 60.9 Å². The van der Waals surface area contributed by atoms with E-state index in [1.54, 1.807) is 23.5 Å². The molecule has 0 unspecified atom stereocenters. The maximum atomic E-state index is 13.1. The number of ether oxygens (including phenoxy) is 1.